The van der Waals surface area contributed by atoms with Crippen molar-refractivity contribution >= 4 is 17.5 Å². The molecule has 20 heavy (non-hydrogen) atoms. The van der Waals surface area contributed by atoms with E-state index in [1.807, 2.05) is 24.3 Å². The van der Waals surface area contributed by atoms with E-state index in [0.29, 0.717) is 12.5 Å². The van der Waals surface area contributed by atoms with Gasteiger partial charge in [0, 0.05) is 12.6 Å². The van der Waals surface area contributed by atoms with Crippen LogP contribution in [0.3, 0.4) is 0 Å². The first-order valence-corrected chi connectivity index (χ1v) is 7.90. The summed E-state index contributed by atoms with van der Waals surface area (Å²) in [5.41, 5.74) is 1.22. The third-order valence-corrected chi connectivity index (χ3v) is 5.58. The number of methoxy groups -OCH3 is 1. The molecule has 1 aliphatic heterocycles. The van der Waals surface area contributed by atoms with Crippen LogP contribution in [0.1, 0.15) is 18.9 Å². The number of carbonyl (C=O) groups excluding carboxylic acids is 1. The Bertz CT molecular complexity index is 488. The number of fused-ring (bicyclic) bond motifs is 1. The molecule has 1 aromatic carbocycles. The van der Waals surface area contributed by atoms with E-state index in [0.717, 1.165) is 23.3 Å². The molecule has 1 aromatic rings. The van der Waals surface area contributed by atoms with Crippen molar-refractivity contribution in [1.29, 1.82) is 0 Å². The second-order valence-electron chi connectivity index (χ2n) is 5.39. The summed E-state index contributed by atoms with van der Waals surface area (Å²) in [5.74, 6) is 1.64. The molecule has 0 aromatic heterocycles. The van der Waals surface area contributed by atoms with Crippen LogP contribution in [-0.4, -0.2) is 34.7 Å². The first-order chi connectivity index (χ1) is 9.58. The van der Waals surface area contributed by atoms with Crippen molar-refractivity contribution in [3.63, 3.8) is 0 Å². The largest absolute Gasteiger partial charge is 0.471 e. The maximum atomic E-state index is 12.4. The molecule has 2 fully saturated rings. The lowest BCUT2D eigenvalue weighted by molar-refractivity contribution is -0.126. The van der Waals surface area contributed by atoms with Crippen LogP contribution < -0.4 is 0 Å². The first kappa shape index (κ1) is 15.2. The van der Waals surface area contributed by atoms with E-state index in [9.17, 15) is 4.21 Å². The average molecular weight is 295 g/mol. The van der Waals surface area contributed by atoms with Gasteiger partial charge < -0.3 is 4.74 Å². The Hall–Kier alpha value is -1.20. The van der Waals surface area contributed by atoms with Crippen LogP contribution in [0.4, 0.5) is 0 Å². The second kappa shape index (κ2) is 6.50. The third-order valence-electron chi connectivity index (χ3n) is 4.00. The molecule has 3 rings (SSSR count). The molecule has 2 aliphatic rings. The summed E-state index contributed by atoms with van der Waals surface area (Å²) in [4.78, 5) is 9.89. The molecule has 1 saturated carbocycles. The molecule has 4 atom stereocenters. The van der Waals surface area contributed by atoms with Crippen LogP contribution in [0.15, 0.2) is 29.2 Å². The number of rotatable bonds is 3. The summed E-state index contributed by atoms with van der Waals surface area (Å²) in [5, 5.41) is 0. The summed E-state index contributed by atoms with van der Waals surface area (Å²) < 4.78 is 18.4. The van der Waals surface area contributed by atoms with Gasteiger partial charge in [-0.15, -0.1) is 0 Å². The summed E-state index contributed by atoms with van der Waals surface area (Å²) in [6.45, 7) is 5.66. The molecule has 110 valence electrons. The Balaban J connectivity index is 0.000000328. The van der Waals surface area contributed by atoms with Crippen LogP contribution in [0, 0.1) is 18.8 Å². The van der Waals surface area contributed by atoms with E-state index in [2.05, 4.69) is 22.9 Å². The zero-order valence-electron chi connectivity index (χ0n) is 12.1. The van der Waals surface area contributed by atoms with Gasteiger partial charge in [-0.05, 0) is 44.2 Å². The average Bonchev–Trinajstić information content (AvgIpc) is 3.17. The first-order valence-electron chi connectivity index (χ1n) is 6.80. The fraction of sp³-hybridized carbons (Fsp3) is 0.533. The summed E-state index contributed by atoms with van der Waals surface area (Å²) >= 11 is 0. The Kier molecular flexibility index (Phi) is 4.94. The van der Waals surface area contributed by atoms with E-state index in [1.165, 1.54) is 19.1 Å². The fourth-order valence-electron chi connectivity index (χ4n) is 2.69. The molecule has 1 saturated heterocycles. The number of hydrogen-bond donors (Lipinski definition) is 0. The highest BCUT2D eigenvalue weighted by Gasteiger charge is 2.52. The normalized spacial score (nSPS) is 28.9. The number of piperidine rings is 1. The van der Waals surface area contributed by atoms with Crippen molar-refractivity contribution < 1.29 is 13.7 Å². The molecule has 0 spiro atoms. The molecule has 0 amide bonds. The molecule has 0 radical (unpaired) electrons. The smallest absolute Gasteiger partial charge is 0.292 e. The van der Waals surface area contributed by atoms with E-state index in [1.54, 1.807) is 0 Å². The molecule has 0 N–H and O–H groups in total. The number of hydrogen-bond acceptors (Lipinski definition) is 3. The molecule has 1 heterocycles. The van der Waals surface area contributed by atoms with Gasteiger partial charge in [0.25, 0.3) is 6.47 Å². The highest BCUT2D eigenvalue weighted by atomic mass is 32.2. The lowest BCUT2D eigenvalue weighted by atomic mass is 10.2. The van der Waals surface area contributed by atoms with Crippen LogP contribution in [0.5, 0.6) is 0 Å². The topological polar surface area (TPSA) is 46.6 Å². The molecule has 4 nitrogen and oxygen atoms in total. The highest BCUT2D eigenvalue weighted by Crippen LogP contribution is 2.50. The van der Waals surface area contributed by atoms with Gasteiger partial charge in [-0.3, -0.25) is 4.79 Å². The van der Waals surface area contributed by atoms with E-state index < -0.39 is 11.0 Å². The van der Waals surface area contributed by atoms with Crippen LogP contribution >= 0.6 is 0 Å². The predicted octanol–water partition coefficient (Wildman–Crippen LogP) is 2.15. The number of aryl methyl sites for hydroxylation is 1. The quantitative estimate of drug-likeness (QED) is 0.803. The SMILES string of the molecule is COC=O.Cc1ccc(S(=O)N2CC3CC3C2C)cc1. The molecule has 5 heteroatoms. The van der Waals surface area contributed by atoms with Crippen molar-refractivity contribution in [2.24, 2.45) is 11.8 Å². The molecule has 4 unspecified atom stereocenters. The van der Waals surface area contributed by atoms with E-state index in [4.69, 9.17) is 4.79 Å². The molecular weight excluding hydrogens is 274 g/mol. The zero-order chi connectivity index (χ0) is 14.7. The highest BCUT2D eigenvalue weighted by molar-refractivity contribution is 7.82. The minimum absolute atomic E-state index is 0.375. The minimum Gasteiger partial charge on any atom is -0.471 e. The Morgan fingerprint density at radius 2 is 1.95 bits per heavy atom. The van der Waals surface area contributed by atoms with E-state index in [-0.39, 0.29) is 0 Å². The van der Waals surface area contributed by atoms with Gasteiger partial charge in [0.2, 0.25) is 0 Å². The minimum atomic E-state index is -0.954. The van der Waals surface area contributed by atoms with Gasteiger partial charge in [0.15, 0.2) is 0 Å². The van der Waals surface area contributed by atoms with Crippen molar-refractivity contribution in [2.75, 3.05) is 13.7 Å². The van der Waals surface area contributed by atoms with Crippen LogP contribution in [0.2, 0.25) is 0 Å². The second-order valence-corrected chi connectivity index (χ2v) is 6.83. The lowest BCUT2D eigenvalue weighted by Crippen LogP contribution is -2.32. The van der Waals surface area contributed by atoms with Gasteiger partial charge in [-0.25, -0.2) is 8.51 Å². The van der Waals surface area contributed by atoms with Crippen molar-refractivity contribution in [3.8, 4) is 0 Å². The Morgan fingerprint density at radius 1 is 1.35 bits per heavy atom. The number of nitrogens with zero attached hydrogens (tertiary/aromatic N) is 1. The summed E-state index contributed by atoms with van der Waals surface area (Å²) in [6, 6.07) is 8.54. The van der Waals surface area contributed by atoms with Crippen LogP contribution in [-0.2, 0) is 20.5 Å². The van der Waals surface area contributed by atoms with Crippen LogP contribution in [0.25, 0.3) is 0 Å². The molecular formula is C15H21NO3S. The van der Waals surface area contributed by atoms with Gasteiger partial charge in [-0.2, -0.15) is 0 Å². The monoisotopic (exact) mass is 295 g/mol. The number of benzene rings is 1. The van der Waals surface area contributed by atoms with Crippen molar-refractivity contribution in [2.45, 2.75) is 31.2 Å². The molecule has 0 bridgehead atoms. The summed E-state index contributed by atoms with van der Waals surface area (Å²) in [7, 11) is 0.358. The van der Waals surface area contributed by atoms with Gasteiger partial charge >= 0.3 is 0 Å². The van der Waals surface area contributed by atoms with Crippen molar-refractivity contribution in [1.82, 2.24) is 4.31 Å². The Morgan fingerprint density at radius 3 is 2.40 bits per heavy atom. The van der Waals surface area contributed by atoms with Gasteiger partial charge in [0.05, 0.1) is 12.0 Å². The van der Waals surface area contributed by atoms with Gasteiger partial charge in [-0.1, -0.05) is 17.7 Å². The maximum Gasteiger partial charge on any atom is 0.292 e. The third kappa shape index (κ3) is 3.27. The van der Waals surface area contributed by atoms with Gasteiger partial charge in [0.1, 0.15) is 11.0 Å². The number of ether oxygens (including phenoxy) is 1. The zero-order valence-corrected chi connectivity index (χ0v) is 12.9. The predicted molar refractivity (Wildman–Crippen MR) is 78.4 cm³/mol. The molecule has 1 aliphatic carbocycles. The maximum absolute atomic E-state index is 12.4. The van der Waals surface area contributed by atoms with Crippen molar-refractivity contribution in [3.05, 3.63) is 29.8 Å². The fourth-order valence-corrected chi connectivity index (χ4v) is 4.12. The number of carbonyl (C=O) groups is 1. The van der Waals surface area contributed by atoms with E-state index >= 15 is 0 Å². The standard InChI is InChI=1S/C13H17NOS.C2H4O2/c1-9-3-5-12(6-4-9)16(15)14-8-11-7-13(11)10(14)2;1-4-2-3/h3-6,10-11,13H,7-8H2,1-2H3;2H,1H3. The lowest BCUT2D eigenvalue weighted by Gasteiger charge is -2.22. The Labute approximate surface area is 122 Å². The summed E-state index contributed by atoms with van der Waals surface area (Å²) in [6.07, 6.45) is 1.35.